The first-order chi connectivity index (χ1) is 9.76. The van der Waals surface area contributed by atoms with Crippen molar-refractivity contribution in [2.45, 2.75) is 22.2 Å². The molecule has 0 aliphatic carbocycles. The van der Waals surface area contributed by atoms with Gasteiger partial charge in [-0.05, 0) is 24.3 Å². The van der Waals surface area contributed by atoms with Crippen LogP contribution in [0.25, 0.3) is 0 Å². The van der Waals surface area contributed by atoms with Crippen LogP contribution in [0.4, 0.5) is 5.82 Å². The number of fused-ring (bicyclic) bond motifs is 1. The van der Waals surface area contributed by atoms with Crippen molar-refractivity contribution >= 4 is 40.9 Å². The zero-order chi connectivity index (χ0) is 13.9. The van der Waals surface area contributed by atoms with Gasteiger partial charge in [0, 0.05) is 27.0 Å². The van der Waals surface area contributed by atoms with E-state index in [-0.39, 0.29) is 0 Å². The van der Waals surface area contributed by atoms with Crippen LogP contribution in [0.1, 0.15) is 17.1 Å². The summed E-state index contributed by atoms with van der Waals surface area (Å²) in [6.45, 7) is 0. The van der Waals surface area contributed by atoms with Crippen LogP contribution in [0.3, 0.4) is 0 Å². The summed E-state index contributed by atoms with van der Waals surface area (Å²) in [5, 5.41) is 0.745. The Kier molecular flexibility index (Phi) is 4.35. The number of anilines is 1. The molecular formula is C13H13ClN4S2. The summed E-state index contributed by atoms with van der Waals surface area (Å²) in [5.74, 6) is 9.69. The number of rotatable bonds is 4. The number of hydrogen-bond donors (Lipinski definition) is 2. The van der Waals surface area contributed by atoms with Gasteiger partial charge in [-0.3, -0.25) is 0 Å². The number of thioether (sulfide) groups is 2. The topological polar surface area (TPSA) is 63.8 Å². The van der Waals surface area contributed by atoms with Crippen LogP contribution in [-0.4, -0.2) is 9.97 Å². The zero-order valence-corrected chi connectivity index (χ0v) is 13.0. The Labute approximate surface area is 130 Å². The van der Waals surface area contributed by atoms with Gasteiger partial charge in [0.15, 0.2) is 0 Å². The summed E-state index contributed by atoms with van der Waals surface area (Å²) in [4.78, 5) is 10.3. The molecule has 104 valence electrons. The first-order valence-corrected chi connectivity index (χ1v) is 8.59. The maximum atomic E-state index is 5.87. The maximum absolute atomic E-state index is 5.87. The van der Waals surface area contributed by atoms with Gasteiger partial charge in [0.1, 0.15) is 11.6 Å². The summed E-state index contributed by atoms with van der Waals surface area (Å²) in [5.41, 5.74) is 4.92. The summed E-state index contributed by atoms with van der Waals surface area (Å²) >= 11 is 9.40. The molecule has 1 aromatic heterocycles. The molecule has 0 bridgehead atoms. The van der Waals surface area contributed by atoms with E-state index in [0.29, 0.717) is 5.75 Å². The van der Waals surface area contributed by atoms with Crippen molar-refractivity contribution < 1.29 is 0 Å². The third-order valence-corrected chi connectivity index (χ3v) is 5.17. The van der Waals surface area contributed by atoms with Crippen molar-refractivity contribution in [3.8, 4) is 0 Å². The molecule has 2 aromatic rings. The lowest BCUT2D eigenvalue weighted by atomic mass is 10.2. The minimum atomic E-state index is 0.717. The third-order valence-electron chi connectivity index (χ3n) is 2.94. The van der Waals surface area contributed by atoms with Crippen molar-refractivity contribution in [1.82, 2.24) is 9.97 Å². The summed E-state index contributed by atoms with van der Waals surface area (Å²) in [6, 6.07) is 7.77. The monoisotopic (exact) mass is 324 g/mol. The smallest absolute Gasteiger partial charge is 0.148 e. The van der Waals surface area contributed by atoms with Crippen LogP contribution in [0.15, 0.2) is 29.2 Å². The van der Waals surface area contributed by atoms with E-state index in [0.717, 1.165) is 44.3 Å². The lowest BCUT2D eigenvalue weighted by Crippen LogP contribution is -2.13. The zero-order valence-electron chi connectivity index (χ0n) is 10.6. The van der Waals surface area contributed by atoms with Crippen LogP contribution in [0.2, 0.25) is 5.02 Å². The van der Waals surface area contributed by atoms with Gasteiger partial charge in [0.25, 0.3) is 0 Å². The lowest BCUT2D eigenvalue weighted by Gasteiger charge is -2.08. The largest absolute Gasteiger partial charge is 0.308 e. The molecule has 3 rings (SSSR count). The van der Waals surface area contributed by atoms with E-state index in [1.165, 1.54) is 0 Å². The Morgan fingerprint density at radius 2 is 2.05 bits per heavy atom. The molecule has 0 amide bonds. The molecule has 0 atom stereocenters. The fraction of sp³-hybridized carbons (Fsp3) is 0.231. The number of hydrazine groups is 1. The lowest BCUT2D eigenvalue weighted by molar-refractivity contribution is 0.969. The Hall–Kier alpha value is -0.950. The van der Waals surface area contributed by atoms with Crippen molar-refractivity contribution in [3.63, 3.8) is 0 Å². The Balaban J connectivity index is 1.76. The van der Waals surface area contributed by atoms with Crippen molar-refractivity contribution in [3.05, 3.63) is 46.4 Å². The summed E-state index contributed by atoms with van der Waals surface area (Å²) < 4.78 is 0. The number of nitrogen functional groups attached to an aromatic ring is 1. The first kappa shape index (κ1) is 14.0. The number of aromatic nitrogens is 2. The van der Waals surface area contributed by atoms with E-state index in [4.69, 9.17) is 17.4 Å². The van der Waals surface area contributed by atoms with E-state index >= 15 is 0 Å². The number of nitrogens with two attached hydrogens (primary N) is 1. The molecule has 0 fully saturated rings. The molecule has 1 aliphatic rings. The summed E-state index contributed by atoms with van der Waals surface area (Å²) in [7, 11) is 0. The van der Waals surface area contributed by atoms with Gasteiger partial charge in [0.2, 0.25) is 0 Å². The highest BCUT2D eigenvalue weighted by atomic mass is 35.5. The highest BCUT2D eigenvalue weighted by molar-refractivity contribution is 7.98. The number of hydrogen-bond acceptors (Lipinski definition) is 6. The second-order valence-electron chi connectivity index (χ2n) is 4.29. The van der Waals surface area contributed by atoms with E-state index in [9.17, 15) is 0 Å². The number of nitrogens with one attached hydrogen (secondary N) is 1. The maximum Gasteiger partial charge on any atom is 0.148 e. The van der Waals surface area contributed by atoms with Gasteiger partial charge in [0.05, 0.1) is 11.4 Å². The quantitative estimate of drug-likeness (QED) is 0.510. The molecule has 0 saturated heterocycles. The van der Waals surface area contributed by atoms with E-state index in [1.807, 2.05) is 36.0 Å². The Morgan fingerprint density at radius 3 is 2.80 bits per heavy atom. The number of benzene rings is 1. The molecule has 7 heteroatoms. The average molecular weight is 325 g/mol. The second-order valence-corrected chi connectivity index (χ2v) is 6.76. The molecule has 0 saturated carbocycles. The van der Waals surface area contributed by atoms with E-state index in [2.05, 4.69) is 15.4 Å². The van der Waals surface area contributed by atoms with Gasteiger partial charge in [-0.2, -0.15) is 11.8 Å². The molecule has 0 unspecified atom stereocenters. The van der Waals surface area contributed by atoms with Gasteiger partial charge < -0.3 is 5.43 Å². The van der Waals surface area contributed by atoms with Crippen molar-refractivity contribution in [2.75, 3.05) is 5.43 Å². The molecule has 0 spiro atoms. The van der Waals surface area contributed by atoms with Gasteiger partial charge in [-0.1, -0.05) is 11.6 Å². The average Bonchev–Trinajstić information content (AvgIpc) is 2.94. The molecule has 2 heterocycles. The van der Waals surface area contributed by atoms with Crippen LogP contribution in [0, 0.1) is 0 Å². The van der Waals surface area contributed by atoms with Crippen LogP contribution in [-0.2, 0) is 17.3 Å². The fourth-order valence-electron chi connectivity index (χ4n) is 1.96. The number of halogens is 1. The van der Waals surface area contributed by atoms with E-state index < -0.39 is 0 Å². The Bertz CT molecular complexity index is 619. The normalized spacial score (nSPS) is 13.3. The summed E-state index contributed by atoms with van der Waals surface area (Å²) in [6.07, 6.45) is 0. The van der Waals surface area contributed by atoms with E-state index in [1.54, 1.807) is 11.8 Å². The first-order valence-electron chi connectivity index (χ1n) is 6.07. The predicted molar refractivity (Wildman–Crippen MR) is 85.9 cm³/mol. The minimum Gasteiger partial charge on any atom is -0.308 e. The van der Waals surface area contributed by atoms with Crippen molar-refractivity contribution in [1.29, 1.82) is 0 Å². The molecule has 1 aromatic carbocycles. The third kappa shape index (κ3) is 3.03. The van der Waals surface area contributed by atoms with Crippen LogP contribution < -0.4 is 11.3 Å². The second kappa shape index (κ2) is 6.22. The molecular weight excluding hydrogens is 312 g/mol. The number of nitrogens with zero attached hydrogens (tertiary/aromatic N) is 2. The predicted octanol–water partition coefficient (Wildman–Crippen LogP) is 3.45. The molecule has 20 heavy (non-hydrogen) atoms. The highest BCUT2D eigenvalue weighted by Gasteiger charge is 2.19. The molecule has 1 aliphatic heterocycles. The van der Waals surface area contributed by atoms with Crippen LogP contribution in [0.5, 0.6) is 0 Å². The fourth-order valence-corrected chi connectivity index (χ4v) is 3.89. The van der Waals surface area contributed by atoms with Gasteiger partial charge in [-0.25, -0.2) is 15.8 Å². The van der Waals surface area contributed by atoms with Gasteiger partial charge >= 0.3 is 0 Å². The Morgan fingerprint density at radius 1 is 1.25 bits per heavy atom. The minimum absolute atomic E-state index is 0.717. The van der Waals surface area contributed by atoms with Gasteiger partial charge in [-0.15, -0.1) is 11.8 Å². The standard InChI is InChI=1S/C13H13ClN4S2/c14-8-1-3-9(4-2-8)20-7-12-16-11-6-19-5-10(11)13(17-12)18-15/h1-4H,5-7,15H2,(H,16,17,18). The molecule has 0 radical (unpaired) electrons. The molecule has 3 N–H and O–H groups in total. The van der Waals surface area contributed by atoms with Crippen LogP contribution >= 0.6 is 35.1 Å². The van der Waals surface area contributed by atoms with Crippen molar-refractivity contribution in [2.24, 2.45) is 5.84 Å². The molecule has 4 nitrogen and oxygen atoms in total. The highest BCUT2D eigenvalue weighted by Crippen LogP contribution is 2.33. The SMILES string of the molecule is NNc1nc(CSc2ccc(Cl)cc2)nc2c1CSC2.